The predicted molar refractivity (Wildman–Crippen MR) is 69.9 cm³/mol. The molecule has 0 aliphatic rings. The number of pyridine rings is 1. The summed E-state index contributed by atoms with van der Waals surface area (Å²) < 4.78 is 1.67. The van der Waals surface area contributed by atoms with Gasteiger partial charge in [0.1, 0.15) is 6.33 Å². The van der Waals surface area contributed by atoms with Gasteiger partial charge in [0, 0.05) is 29.8 Å². The summed E-state index contributed by atoms with van der Waals surface area (Å²) in [5.41, 5.74) is 1.72. The molecule has 0 saturated heterocycles. The largest absolute Gasteiger partial charge is 0.274 e. The first-order valence-electron chi connectivity index (χ1n) is 5.55. The standard InChI is InChI=1S/C12H9ClN6/c1-8-2-3-9(6-15-8)10-16-11(13)18-12(17-10)19-5-4-14-7-19/h2-7H,1H3. The Bertz CT molecular complexity index is 693. The lowest BCUT2D eigenvalue weighted by Gasteiger charge is -2.04. The highest BCUT2D eigenvalue weighted by atomic mass is 35.5. The molecule has 0 aromatic carbocycles. The van der Waals surface area contributed by atoms with Crippen molar-refractivity contribution in [1.29, 1.82) is 0 Å². The fraction of sp³-hybridized carbons (Fsp3) is 0.0833. The summed E-state index contributed by atoms with van der Waals surface area (Å²) in [7, 11) is 0. The number of rotatable bonds is 2. The third-order valence-electron chi connectivity index (χ3n) is 2.50. The Morgan fingerprint density at radius 1 is 1.16 bits per heavy atom. The summed E-state index contributed by atoms with van der Waals surface area (Å²) in [5.74, 6) is 0.907. The Labute approximate surface area is 114 Å². The van der Waals surface area contributed by atoms with E-state index in [0.717, 1.165) is 11.3 Å². The topological polar surface area (TPSA) is 69.4 Å². The minimum absolute atomic E-state index is 0.134. The van der Waals surface area contributed by atoms with E-state index in [-0.39, 0.29) is 5.28 Å². The Hall–Kier alpha value is -2.34. The van der Waals surface area contributed by atoms with Gasteiger partial charge >= 0.3 is 0 Å². The SMILES string of the molecule is Cc1ccc(-c2nc(Cl)nc(-n3ccnc3)n2)cn1. The van der Waals surface area contributed by atoms with Crippen molar-refractivity contribution in [3.05, 3.63) is 48.0 Å². The maximum Gasteiger partial charge on any atom is 0.239 e. The molecule has 6 nitrogen and oxygen atoms in total. The smallest absolute Gasteiger partial charge is 0.239 e. The molecule has 0 unspecified atom stereocenters. The van der Waals surface area contributed by atoms with Gasteiger partial charge in [0.15, 0.2) is 5.82 Å². The highest BCUT2D eigenvalue weighted by Gasteiger charge is 2.08. The molecule has 0 aliphatic carbocycles. The second kappa shape index (κ2) is 4.74. The Kier molecular flexibility index (Phi) is 2.92. The van der Waals surface area contributed by atoms with Gasteiger partial charge in [-0.1, -0.05) is 0 Å². The summed E-state index contributed by atoms with van der Waals surface area (Å²) in [6, 6.07) is 3.79. The molecule has 0 radical (unpaired) electrons. The molecule has 0 N–H and O–H groups in total. The van der Waals surface area contributed by atoms with E-state index in [0.29, 0.717) is 11.8 Å². The number of imidazole rings is 1. The van der Waals surface area contributed by atoms with Gasteiger partial charge in [-0.2, -0.15) is 15.0 Å². The zero-order chi connectivity index (χ0) is 13.2. The second-order valence-electron chi connectivity index (χ2n) is 3.89. The van der Waals surface area contributed by atoms with Crippen molar-refractivity contribution in [2.75, 3.05) is 0 Å². The Balaban J connectivity index is 2.10. The van der Waals surface area contributed by atoms with E-state index < -0.39 is 0 Å². The Morgan fingerprint density at radius 3 is 2.74 bits per heavy atom. The normalized spacial score (nSPS) is 10.6. The molecular weight excluding hydrogens is 264 g/mol. The summed E-state index contributed by atoms with van der Waals surface area (Å²) >= 11 is 5.93. The van der Waals surface area contributed by atoms with Crippen molar-refractivity contribution in [3.63, 3.8) is 0 Å². The number of nitrogens with zero attached hydrogens (tertiary/aromatic N) is 6. The molecule has 0 amide bonds. The van der Waals surface area contributed by atoms with E-state index in [1.165, 1.54) is 0 Å². The quantitative estimate of drug-likeness (QED) is 0.714. The van der Waals surface area contributed by atoms with Crippen molar-refractivity contribution < 1.29 is 0 Å². The predicted octanol–water partition coefficient (Wildman–Crippen LogP) is 2.08. The molecule has 3 aromatic heterocycles. The van der Waals surface area contributed by atoms with Gasteiger partial charge in [-0.25, -0.2) is 4.98 Å². The zero-order valence-electron chi connectivity index (χ0n) is 10.0. The van der Waals surface area contributed by atoms with Crippen LogP contribution < -0.4 is 0 Å². The van der Waals surface area contributed by atoms with Crippen LogP contribution in [0.4, 0.5) is 0 Å². The minimum Gasteiger partial charge on any atom is -0.274 e. The summed E-state index contributed by atoms with van der Waals surface area (Å²) in [4.78, 5) is 20.7. The van der Waals surface area contributed by atoms with Crippen LogP contribution >= 0.6 is 11.6 Å². The maximum absolute atomic E-state index is 5.93. The summed E-state index contributed by atoms with van der Waals surface area (Å²) in [6.45, 7) is 1.92. The molecule has 0 bridgehead atoms. The van der Waals surface area contributed by atoms with Crippen molar-refractivity contribution in [2.24, 2.45) is 0 Å². The van der Waals surface area contributed by atoms with E-state index in [1.807, 2.05) is 19.1 Å². The van der Waals surface area contributed by atoms with Crippen molar-refractivity contribution in [2.45, 2.75) is 6.92 Å². The number of hydrogen-bond donors (Lipinski definition) is 0. The van der Waals surface area contributed by atoms with Gasteiger partial charge in [-0.15, -0.1) is 0 Å². The lowest BCUT2D eigenvalue weighted by atomic mass is 10.2. The van der Waals surface area contributed by atoms with Gasteiger partial charge < -0.3 is 0 Å². The number of halogens is 1. The lowest BCUT2D eigenvalue weighted by molar-refractivity contribution is 0.898. The first kappa shape index (κ1) is 11.7. The van der Waals surface area contributed by atoms with Crippen LogP contribution in [0, 0.1) is 6.92 Å². The van der Waals surface area contributed by atoms with Crippen molar-refractivity contribution in [3.8, 4) is 17.3 Å². The molecule has 0 fully saturated rings. The van der Waals surface area contributed by atoms with Crippen LogP contribution in [0.1, 0.15) is 5.69 Å². The van der Waals surface area contributed by atoms with Crippen molar-refractivity contribution in [1.82, 2.24) is 29.5 Å². The third kappa shape index (κ3) is 2.43. The average molecular weight is 273 g/mol. The minimum atomic E-state index is 0.134. The van der Waals surface area contributed by atoms with E-state index in [9.17, 15) is 0 Å². The number of aryl methyl sites for hydroxylation is 1. The fourth-order valence-electron chi connectivity index (χ4n) is 1.56. The van der Waals surface area contributed by atoms with E-state index in [1.54, 1.807) is 29.5 Å². The van der Waals surface area contributed by atoms with Crippen LogP contribution in [-0.4, -0.2) is 29.5 Å². The van der Waals surface area contributed by atoms with Gasteiger partial charge in [0.2, 0.25) is 11.2 Å². The van der Waals surface area contributed by atoms with Crippen LogP contribution in [0.25, 0.3) is 17.3 Å². The van der Waals surface area contributed by atoms with Gasteiger partial charge in [0.25, 0.3) is 0 Å². The van der Waals surface area contributed by atoms with Crippen LogP contribution in [-0.2, 0) is 0 Å². The first-order valence-corrected chi connectivity index (χ1v) is 5.93. The molecule has 3 aromatic rings. The van der Waals surface area contributed by atoms with Crippen LogP contribution in [0.5, 0.6) is 0 Å². The molecule has 7 heteroatoms. The molecular formula is C12H9ClN6. The van der Waals surface area contributed by atoms with Crippen LogP contribution in [0.3, 0.4) is 0 Å². The first-order chi connectivity index (χ1) is 9.22. The van der Waals surface area contributed by atoms with Gasteiger partial charge in [-0.3, -0.25) is 9.55 Å². The van der Waals surface area contributed by atoms with E-state index in [4.69, 9.17) is 11.6 Å². The fourth-order valence-corrected chi connectivity index (χ4v) is 1.72. The molecule has 0 aliphatic heterocycles. The summed E-state index contributed by atoms with van der Waals surface area (Å²) in [6.07, 6.45) is 6.69. The summed E-state index contributed by atoms with van der Waals surface area (Å²) in [5, 5.41) is 0.134. The monoisotopic (exact) mass is 272 g/mol. The number of aromatic nitrogens is 6. The lowest BCUT2D eigenvalue weighted by Crippen LogP contribution is -2.03. The highest BCUT2D eigenvalue weighted by Crippen LogP contribution is 2.16. The van der Waals surface area contributed by atoms with E-state index >= 15 is 0 Å². The van der Waals surface area contributed by atoms with E-state index in [2.05, 4.69) is 24.9 Å². The second-order valence-corrected chi connectivity index (χ2v) is 4.22. The molecule has 0 saturated carbocycles. The average Bonchev–Trinajstić information content (AvgIpc) is 2.93. The molecule has 19 heavy (non-hydrogen) atoms. The van der Waals surface area contributed by atoms with Crippen LogP contribution in [0.2, 0.25) is 5.28 Å². The molecule has 3 rings (SSSR count). The molecule has 3 heterocycles. The zero-order valence-corrected chi connectivity index (χ0v) is 10.8. The van der Waals surface area contributed by atoms with Gasteiger partial charge in [-0.05, 0) is 30.7 Å². The molecule has 94 valence electrons. The number of hydrogen-bond acceptors (Lipinski definition) is 5. The molecule has 0 atom stereocenters. The van der Waals surface area contributed by atoms with Gasteiger partial charge in [0.05, 0.1) is 0 Å². The Morgan fingerprint density at radius 2 is 2.05 bits per heavy atom. The molecule has 0 spiro atoms. The maximum atomic E-state index is 5.93. The third-order valence-corrected chi connectivity index (χ3v) is 2.67. The highest BCUT2D eigenvalue weighted by molar-refractivity contribution is 6.28. The van der Waals surface area contributed by atoms with Crippen LogP contribution in [0.15, 0.2) is 37.1 Å². The van der Waals surface area contributed by atoms with Crippen molar-refractivity contribution >= 4 is 11.6 Å².